The number of rotatable bonds is 5. The first-order valence-electron chi connectivity index (χ1n) is 6.52. The Balaban J connectivity index is 2.36. The first-order chi connectivity index (χ1) is 8.63. The van der Waals surface area contributed by atoms with Crippen molar-refractivity contribution in [2.75, 3.05) is 5.32 Å². The van der Waals surface area contributed by atoms with Crippen LogP contribution < -0.4 is 5.32 Å². The molecule has 2 heterocycles. The molecular weight excluding hydrogens is 228 g/mol. The summed E-state index contributed by atoms with van der Waals surface area (Å²) in [6.45, 7) is 8.05. The van der Waals surface area contributed by atoms with Crippen molar-refractivity contribution in [1.82, 2.24) is 15.0 Å². The van der Waals surface area contributed by atoms with Crippen LogP contribution in [0.15, 0.2) is 4.42 Å². The van der Waals surface area contributed by atoms with Crippen LogP contribution in [-0.4, -0.2) is 21.0 Å². The lowest BCUT2D eigenvalue weighted by Gasteiger charge is -2.16. The number of nitrogens with zero attached hydrogens (tertiary/aromatic N) is 3. The molecule has 5 nitrogen and oxygen atoms in total. The maximum absolute atomic E-state index is 5.46. The SMILES string of the molecule is CCC[C@H](CC)Nc1nc(C)nc2oc(C)nc12. The molecule has 0 spiro atoms. The molecular formula is C13H20N4O. The Bertz CT molecular complexity index is 535. The minimum Gasteiger partial charge on any atom is -0.422 e. The fourth-order valence-electron chi connectivity index (χ4n) is 2.05. The number of aryl methyl sites for hydroxylation is 2. The van der Waals surface area contributed by atoms with Crippen molar-refractivity contribution in [3.05, 3.63) is 11.7 Å². The van der Waals surface area contributed by atoms with Crippen molar-refractivity contribution >= 4 is 17.0 Å². The van der Waals surface area contributed by atoms with Gasteiger partial charge < -0.3 is 9.73 Å². The van der Waals surface area contributed by atoms with E-state index in [1.54, 1.807) is 0 Å². The molecule has 0 aliphatic carbocycles. The Morgan fingerprint density at radius 2 is 1.94 bits per heavy atom. The second kappa shape index (κ2) is 5.33. The van der Waals surface area contributed by atoms with Crippen LogP contribution in [0.4, 0.5) is 5.82 Å². The molecule has 0 saturated carbocycles. The molecule has 0 bridgehead atoms. The number of oxazole rings is 1. The Morgan fingerprint density at radius 1 is 1.17 bits per heavy atom. The van der Waals surface area contributed by atoms with Crippen LogP contribution in [0.3, 0.4) is 0 Å². The Morgan fingerprint density at radius 3 is 2.61 bits per heavy atom. The van der Waals surface area contributed by atoms with Gasteiger partial charge in [-0.3, -0.25) is 0 Å². The van der Waals surface area contributed by atoms with Gasteiger partial charge in [-0.15, -0.1) is 0 Å². The number of hydrogen-bond donors (Lipinski definition) is 1. The van der Waals surface area contributed by atoms with Crippen molar-refractivity contribution in [3.63, 3.8) is 0 Å². The van der Waals surface area contributed by atoms with Gasteiger partial charge in [0.2, 0.25) is 0 Å². The summed E-state index contributed by atoms with van der Waals surface area (Å²) in [5, 5.41) is 3.45. The highest BCUT2D eigenvalue weighted by molar-refractivity contribution is 5.81. The van der Waals surface area contributed by atoms with E-state index < -0.39 is 0 Å². The van der Waals surface area contributed by atoms with Crippen molar-refractivity contribution in [2.24, 2.45) is 0 Å². The Labute approximate surface area is 107 Å². The Hall–Kier alpha value is -1.65. The summed E-state index contributed by atoms with van der Waals surface area (Å²) < 4.78 is 5.46. The number of fused-ring (bicyclic) bond motifs is 1. The quantitative estimate of drug-likeness (QED) is 0.880. The van der Waals surface area contributed by atoms with Crippen molar-refractivity contribution in [3.8, 4) is 0 Å². The zero-order valence-electron chi connectivity index (χ0n) is 11.4. The number of nitrogens with one attached hydrogen (secondary N) is 1. The van der Waals surface area contributed by atoms with Crippen molar-refractivity contribution < 1.29 is 4.42 Å². The van der Waals surface area contributed by atoms with Gasteiger partial charge >= 0.3 is 0 Å². The predicted octanol–water partition coefficient (Wildman–Crippen LogP) is 3.23. The molecule has 0 unspecified atom stereocenters. The van der Waals surface area contributed by atoms with Gasteiger partial charge in [-0.2, -0.15) is 4.98 Å². The molecule has 98 valence electrons. The summed E-state index contributed by atoms with van der Waals surface area (Å²) in [4.78, 5) is 13.0. The summed E-state index contributed by atoms with van der Waals surface area (Å²) in [5.74, 6) is 2.11. The summed E-state index contributed by atoms with van der Waals surface area (Å²) in [5.41, 5.74) is 1.29. The molecule has 0 saturated heterocycles. The molecule has 0 amide bonds. The first-order valence-corrected chi connectivity index (χ1v) is 6.52. The summed E-state index contributed by atoms with van der Waals surface area (Å²) >= 11 is 0. The molecule has 0 aliphatic rings. The molecule has 2 aromatic rings. The topological polar surface area (TPSA) is 63.8 Å². The van der Waals surface area contributed by atoms with Crippen LogP contribution in [-0.2, 0) is 0 Å². The molecule has 0 aromatic carbocycles. The van der Waals surface area contributed by atoms with Crippen molar-refractivity contribution in [1.29, 1.82) is 0 Å². The minimum atomic E-state index is 0.421. The summed E-state index contributed by atoms with van der Waals surface area (Å²) in [6.07, 6.45) is 3.34. The van der Waals surface area contributed by atoms with Crippen LogP contribution in [0.25, 0.3) is 11.2 Å². The first kappa shape index (κ1) is 12.8. The van der Waals surface area contributed by atoms with Crippen LogP contribution in [0.2, 0.25) is 0 Å². The van der Waals surface area contributed by atoms with E-state index in [9.17, 15) is 0 Å². The lowest BCUT2D eigenvalue weighted by molar-refractivity contribution is 0.550. The van der Waals surface area contributed by atoms with Gasteiger partial charge in [-0.05, 0) is 19.8 Å². The number of anilines is 1. The molecule has 0 radical (unpaired) electrons. The molecule has 2 rings (SSSR count). The fraction of sp³-hybridized carbons (Fsp3) is 0.615. The van der Waals surface area contributed by atoms with E-state index in [-0.39, 0.29) is 0 Å². The third-order valence-electron chi connectivity index (χ3n) is 2.95. The lowest BCUT2D eigenvalue weighted by atomic mass is 10.1. The van der Waals surface area contributed by atoms with Crippen LogP contribution in [0.5, 0.6) is 0 Å². The maximum atomic E-state index is 5.46. The molecule has 2 aromatic heterocycles. The van der Waals surface area contributed by atoms with E-state index in [0.29, 0.717) is 23.5 Å². The van der Waals surface area contributed by atoms with E-state index >= 15 is 0 Å². The van der Waals surface area contributed by atoms with E-state index in [4.69, 9.17) is 4.42 Å². The monoisotopic (exact) mass is 248 g/mol. The van der Waals surface area contributed by atoms with Gasteiger partial charge in [0.1, 0.15) is 5.82 Å². The average Bonchev–Trinajstić information content (AvgIpc) is 2.68. The van der Waals surface area contributed by atoms with E-state index in [1.165, 1.54) is 0 Å². The average molecular weight is 248 g/mol. The van der Waals surface area contributed by atoms with E-state index in [2.05, 4.69) is 34.1 Å². The van der Waals surface area contributed by atoms with Crippen molar-refractivity contribution in [2.45, 2.75) is 53.0 Å². The molecule has 18 heavy (non-hydrogen) atoms. The fourth-order valence-corrected chi connectivity index (χ4v) is 2.05. The third kappa shape index (κ3) is 2.60. The molecule has 0 fully saturated rings. The highest BCUT2D eigenvalue weighted by Crippen LogP contribution is 2.22. The largest absolute Gasteiger partial charge is 0.422 e. The smallest absolute Gasteiger partial charge is 0.252 e. The number of aromatic nitrogens is 3. The van der Waals surface area contributed by atoms with E-state index in [0.717, 1.165) is 30.6 Å². The highest BCUT2D eigenvalue weighted by Gasteiger charge is 2.14. The van der Waals surface area contributed by atoms with Crippen LogP contribution >= 0.6 is 0 Å². The minimum absolute atomic E-state index is 0.421. The Kier molecular flexibility index (Phi) is 3.79. The second-order valence-electron chi connectivity index (χ2n) is 4.54. The normalized spacial score (nSPS) is 12.9. The molecule has 5 heteroatoms. The summed E-state index contributed by atoms with van der Waals surface area (Å²) in [7, 11) is 0. The highest BCUT2D eigenvalue weighted by atomic mass is 16.4. The number of hydrogen-bond acceptors (Lipinski definition) is 5. The predicted molar refractivity (Wildman–Crippen MR) is 71.7 cm³/mol. The standard InChI is InChI=1S/C13H20N4O/c1-5-7-10(6-2)17-12-11-13(15-8(3)14-12)18-9(4)16-11/h10H,5-7H2,1-4H3,(H,14,15,17)/t10-/m0/s1. The van der Waals surface area contributed by atoms with Gasteiger partial charge in [0.15, 0.2) is 17.2 Å². The van der Waals surface area contributed by atoms with Gasteiger partial charge in [0.25, 0.3) is 5.71 Å². The van der Waals surface area contributed by atoms with Crippen LogP contribution in [0, 0.1) is 13.8 Å². The summed E-state index contributed by atoms with van der Waals surface area (Å²) in [6, 6.07) is 0.421. The maximum Gasteiger partial charge on any atom is 0.252 e. The van der Waals surface area contributed by atoms with Crippen LogP contribution in [0.1, 0.15) is 44.8 Å². The van der Waals surface area contributed by atoms with Gasteiger partial charge in [0, 0.05) is 13.0 Å². The van der Waals surface area contributed by atoms with Gasteiger partial charge in [0.05, 0.1) is 0 Å². The third-order valence-corrected chi connectivity index (χ3v) is 2.95. The second-order valence-corrected chi connectivity index (χ2v) is 4.54. The van der Waals surface area contributed by atoms with E-state index in [1.807, 2.05) is 13.8 Å². The lowest BCUT2D eigenvalue weighted by Crippen LogP contribution is -2.19. The zero-order chi connectivity index (χ0) is 13.1. The van der Waals surface area contributed by atoms with Gasteiger partial charge in [-0.25, -0.2) is 9.97 Å². The van der Waals surface area contributed by atoms with Gasteiger partial charge in [-0.1, -0.05) is 20.3 Å². The molecule has 1 atom stereocenters. The molecule has 0 aliphatic heterocycles. The molecule has 1 N–H and O–H groups in total. The zero-order valence-corrected chi connectivity index (χ0v) is 11.4.